The summed E-state index contributed by atoms with van der Waals surface area (Å²) in [7, 11) is 0. The Hall–Kier alpha value is -1.39. The van der Waals surface area contributed by atoms with Crippen LogP contribution in [0.25, 0.3) is 0 Å². The number of hydrogen-bond donors (Lipinski definition) is 1. The number of nitrogens with zero attached hydrogens (tertiary/aromatic N) is 1. The molecule has 1 aliphatic rings. The van der Waals surface area contributed by atoms with Crippen molar-refractivity contribution in [2.45, 2.75) is 12.3 Å². The van der Waals surface area contributed by atoms with Gasteiger partial charge in [-0.3, -0.25) is 9.59 Å². The lowest BCUT2D eigenvalue weighted by molar-refractivity contribution is -0.139. The summed E-state index contributed by atoms with van der Waals surface area (Å²) in [5, 5.41) is 1.22. The molecule has 4 nitrogen and oxygen atoms in total. The molecule has 2 N–H and O–H groups in total. The van der Waals surface area contributed by atoms with Crippen molar-refractivity contribution in [1.82, 2.24) is 5.01 Å². The minimum atomic E-state index is -0.485. The normalized spacial score (nSPS) is 21.2. The average molecular weight is 225 g/mol. The number of carbonyl (C=O) groups is 2. The summed E-state index contributed by atoms with van der Waals surface area (Å²) < 4.78 is 0. The van der Waals surface area contributed by atoms with Crippen LogP contribution in [0.1, 0.15) is 17.9 Å². The zero-order chi connectivity index (χ0) is 11.0. The zero-order valence-electron chi connectivity index (χ0n) is 7.81. The highest BCUT2D eigenvalue weighted by molar-refractivity contribution is 6.30. The van der Waals surface area contributed by atoms with Crippen molar-refractivity contribution in [3.05, 3.63) is 34.9 Å². The molecule has 1 heterocycles. The molecule has 0 spiro atoms. The van der Waals surface area contributed by atoms with Gasteiger partial charge in [-0.1, -0.05) is 23.7 Å². The molecule has 2 amide bonds. The molecular weight excluding hydrogens is 216 g/mol. The van der Waals surface area contributed by atoms with Crippen molar-refractivity contribution in [1.29, 1.82) is 0 Å². The first-order valence-corrected chi connectivity index (χ1v) is 4.84. The molecule has 5 heteroatoms. The molecule has 1 atom stereocenters. The molecule has 2 rings (SSSR count). The molecule has 1 fully saturated rings. The predicted molar refractivity (Wildman–Crippen MR) is 54.9 cm³/mol. The smallest absolute Gasteiger partial charge is 0.251 e. The van der Waals surface area contributed by atoms with Crippen LogP contribution in [-0.4, -0.2) is 16.8 Å². The highest BCUT2D eigenvalue weighted by Crippen LogP contribution is 2.29. The fourth-order valence-corrected chi connectivity index (χ4v) is 1.83. The van der Waals surface area contributed by atoms with E-state index in [1.165, 1.54) is 0 Å². The number of benzene rings is 1. The van der Waals surface area contributed by atoms with E-state index in [0.29, 0.717) is 10.0 Å². The van der Waals surface area contributed by atoms with Crippen LogP contribution in [0.5, 0.6) is 0 Å². The van der Waals surface area contributed by atoms with Gasteiger partial charge in [-0.25, -0.2) is 10.9 Å². The first-order chi connectivity index (χ1) is 7.09. The minimum absolute atomic E-state index is 0.121. The van der Waals surface area contributed by atoms with Crippen molar-refractivity contribution < 1.29 is 9.59 Å². The van der Waals surface area contributed by atoms with Gasteiger partial charge >= 0.3 is 0 Å². The van der Waals surface area contributed by atoms with Crippen LogP contribution in [0.15, 0.2) is 24.3 Å². The van der Waals surface area contributed by atoms with E-state index in [1.54, 1.807) is 24.3 Å². The van der Waals surface area contributed by atoms with Gasteiger partial charge in [0.25, 0.3) is 5.91 Å². The monoisotopic (exact) mass is 224 g/mol. The van der Waals surface area contributed by atoms with E-state index in [-0.39, 0.29) is 18.2 Å². The van der Waals surface area contributed by atoms with Crippen LogP contribution >= 0.6 is 11.6 Å². The molecule has 1 aliphatic heterocycles. The number of halogens is 1. The second-order valence-corrected chi connectivity index (χ2v) is 3.85. The number of amides is 2. The second-order valence-electron chi connectivity index (χ2n) is 3.41. The maximum Gasteiger partial charge on any atom is 0.251 e. The van der Waals surface area contributed by atoms with E-state index in [4.69, 9.17) is 17.4 Å². The van der Waals surface area contributed by atoms with Gasteiger partial charge in [0.2, 0.25) is 5.91 Å². The number of nitrogens with two attached hydrogens (primary N) is 1. The van der Waals surface area contributed by atoms with Gasteiger partial charge in [-0.2, -0.15) is 0 Å². The summed E-state index contributed by atoms with van der Waals surface area (Å²) in [6.07, 6.45) is 0.121. The van der Waals surface area contributed by atoms with E-state index in [2.05, 4.69) is 0 Å². The van der Waals surface area contributed by atoms with Gasteiger partial charge in [0.05, 0.1) is 5.92 Å². The molecule has 0 bridgehead atoms. The van der Waals surface area contributed by atoms with Crippen molar-refractivity contribution >= 4 is 23.4 Å². The second kappa shape index (κ2) is 3.64. The Balaban J connectivity index is 2.33. The Morgan fingerprint density at radius 3 is 2.67 bits per heavy atom. The van der Waals surface area contributed by atoms with Crippen molar-refractivity contribution in [2.24, 2.45) is 5.84 Å². The summed E-state index contributed by atoms with van der Waals surface area (Å²) in [6, 6.07) is 6.90. The van der Waals surface area contributed by atoms with Gasteiger partial charge in [-0.05, 0) is 17.7 Å². The quantitative estimate of drug-likeness (QED) is 0.441. The summed E-state index contributed by atoms with van der Waals surface area (Å²) in [4.78, 5) is 22.8. The molecule has 1 saturated heterocycles. The van der Waals surface area contributed by atoms with Gasteiger partial charge < -0.3 is 0 Å². The molecule has 1 aromatic carbocycles. The van der Waals surface area contributed by atoms with Crippen molar-refractivity contribution in [3.8, 4) is 0 Å². The maximum atomic E-state index is 11.6. The van der Waals surface area contributed by atoms with Gasteiger partial charge in [0.15, 0.2) is 0 Å². The maximum absolute atomic E-state index is 11.6. The van der Waals surface area contributed by atoms with Crippen LogP contribution in [-0.2, 0) is 9.59 Å². The number of carbonyl (C=O) groups excluding carboxylic acids is 2. The molecular formula is C10H9ClN2O2. The van der Waals surface area contributed by atoms with Gasteiger partial charge in [0.1, 0.15) is 0 Å². The fourth-order valence-electron chi connectivity index (χ4n) is 1.63. The van der Waals surface area contributed by atoms with Gasteiger partial charge in [0, 0.05) is 11.4 Å². The molecule has 0 aromatic heterocycles. The molecule has 0 aliphatic carbocycles. The fraction of sp³-hybridized carbons (Fsp3) is 0.200. The Labute approximate surface area is 91.6 Å². The molecule has 0 saturated carbocycles. The van der Waals surface area contributed by atoms with Crippen molar-refractivity contribution in [2.75, 3.05) is 0 Å². The van der Waals surface area contributed by atoms with E-state index in [1.807, 2.05) is 0 Å². The van der Waals surface area contributed by atoms with Crippen LogP contribution < -0.4 is 5.84 Å². The minimum Gasteiger partial charge on any atom is -0.273 e. The number of hydrogen-bond acceptors (Lipinski definition) is 3. The predicted octanol–water partition coefficient (Wildman–Crippen LogP) is 1.06. The van der Waals surface area contributed by atoms with Crippen LogP contribution in [0.4, 0.5) is 0 Å². The number of hydrazine groups is 1. The molecule has 0 unspecified atom stereocenters. The lowest BCUT2D eigenvalue weighted by atomic mass is 9.98. The van der Waals surface area contributed by atoms with E-state index < -0.39 is 5.92 Å². The first-order valence-electron chi connectivity index (χ1n) is 4.46. The summed E-state index contributed by atoms with van der Waals surface area (Å²) in [5.41, 5.74) is 0.730. The zero-order valence-corrected chi connectivity index (χ0v) is 8.57. The first kappa shape index (κ1) is 10.1. The van der Waals surface area contributed by atoms with E-state index >= 15 is 0 Å². The van der Waals surface area contributed by atoms with Crippen molar-refractivity contribution in [3.63, 3.8) is 0 Å². The summed E-state index contributed by atoms with van der Waals surface area (Å²) in [5.74, 6) is 4.07. The molecule has 1 aromatic rings. The number of rotatable bonds is 1. The van der Waals surface area contributed by atoms with E-state index in [0.717, 1.165) is 5.56 Å². The standard InChI is InChI=1S/C10H9ClN2O2/c11-7-3-1-2-6(4-7)8-5-9(14)13(12)10(8)15/h1-4,8H,5,12H2/t8-/m0/s1. The third-order valence-corrected chi connectivity index (χ3v) is 2.67. The SMILES string of the molecule is NN1C(=O)C[C@@H](c2cccc(Cl)c2)C1=O. The molecule has 0 radical (unpaired) electrons. The highest BCUT2D eigenvalue weighted by atomic mass is 35.5. The largest absolute Gasteiger partial charge is 0.273 e. The Morgan fingerprint density at radius 1 is 1.40 bits per heavy atom. The van der Waals surface area contributed by atoms with Crippen LogP contribution in [0.2, 0.25) is 5.02 Å². The van der Waals surface area contributed by atoms with Crippen LogP contribution in [0, 0.1) is 0 Å². The Bertz CT molecular complexity index is 433. The topological polar surface area (TPSA) is 63.4 Å². The lowest BCUT2D eigenvalue weighted by Gasteiger charge is -2.08. The highest BCUT2D eigenvalue weighted by Gasteiger charge is 2.37. The van der Waals surface area contributed by atoms with Gasteiger partial charge in [-0.15, -0.1) is 0 Å². The molecule has 15 heavy (non-hydrogen) atoms. The Morgan fingerprint density at radius 2 is 2.13 bits per heavy atom. The summed E-state index contributed by atoms with van der Waals surface area (Å²) >= 11 is 5.80. The lowest BCUT2D eigenvalue weighted by Crippen LogP contribution is -2.36. The average Bonchev–Trinajstić information content (AvgIpc) is 2.46. The Kier molecular flexibility index (Phi) is 2.46. The molecule has 78 valence electrons. The number of imide groups is 1. The van der Waals surface area contributed by atoms with Crippen LogP contribution in [0.3, 0.4) is 0 Å². The third-order valence-electron chi connectivity index (χ3n) is 2.43. The van der Waals surface area contributed by atoms with E-state index in [9.17, 15) is 9.59 Å². The third kappa shape index (κ3) is 1.73. The summed E-state index contributed by atoms with van der Waals surface area (Å²) in [6.45, 7) is 0.